The van der Waals surface area contributed by atoms with Crippen LogP contribution in [0.5, 0.6) is 0 Å². The lowest BCUT2D eigenvalue weighted by atomic mass is 9.94. The van der Waals surface area contributed by atoms with Gasteiger partial charge in [0, 0.05) is 24.3 Å². The van der Waals surface area contributed by atoms with Crippen LogP contribution < -0.4 is 10.6 Å². The number of sulfonamides is 1. The second-order valence-electron chi connectivity index (χ2n) is 8.53. The number of para-hydroxylation sites is 1. The van der Waals surface area contributed by atoms with Gasteiger partial charge in [-0.15, -0.1) is 0 Å². The molecule has 7 nitrogen and oxygen atoms in total. The molecule has 1 fully saturated rings. The van der Waals surface area contributed by atoms with Gasteiger partial charge in [-0.2, -0.15) is 4.31 Å². The highest BCUT2D eigenvalue weighted by molar-refractivity contribution is 7.89. The van der Waals surface area contributed by atoms with Crippen LogP contribution in [-0.4, -0.2) is 44.2 Å². The Morgan fingerprint density at radius 2 is 1.62 bits per heavy atom. The number of hydrogen-bond acceptors (Lipinski definition) is 4. The van der Waals surface area contributed by atoms with E-state index in [4.69, 9.17) is 0 Å². The molecule has 1 aliphatic heterocycles. The van der Waals surface area contributed by atoms with Crippen molar-refractivity contribution in [2.24, 2.45) is 11.8 Å². The van der Waals surface area contributed by atoms with Gasteiger partial charge in [-0.05, 0) is 60.6 Å². The molecular weight excluding hydrogens is 426 g/mol. The van der Waals surface area contributed by atoms with Crippen LogP contribution in [0.1, 0.15) is 43.1 Å². The van der Waals surface area contributed by atoms with Gasteiger partial charge in [-0.3, -0.25) is 9.59 Å². The van der Waals surface area contributed by atoms with Crippen LogP contribution in [0.2, 0.25) is 0 Å². The Kier molecular flexibility index (Phi) is 7.69. The molecule has 2 aromatic carbocycles. The van der Waals surface area contributed by atoms with Gasteiger partial charge in [0.2, 0.25) is 15.9 Å². The molecule has 0 aliphatic carbocycles. The first kappa shape index (κ1) is 23.9. The van der Waals surface area contributed by atoms with Crippen LogP contribution in [0.15, 0.2) is 53.4 Å². The average molecular weight is 458 g/mol. The fourth-order valence-corrected chi connectivity index (χ4v) is 5.82. The molecule has 1 heterocycles. The van der Waals surface area contributed by atoms with E-state index in [0.29, 0.717) is 30.5 Å². The first-order chi connectivity index (χ1) is 15.2. The molecule has 0 aromatic heterocycles. The Morgan fingerprint density at radius 3 is 2.25 bits per heavy atom. The normalized spacial score (nSPS) is 19.3. The maximum absolute atomic E-state index is 13.0. The quantitative estimate of drug-likeness (QED) is 0.667. The van der Waals surface area contributed by atoms with E-state index in [0.717, 1.165) is 24.1 Å². The fourth-order valence-electron chi connectivity index (χ4n) is 4.14. The second-order valence-corrected chi connectivity index (χ2v) is 10.5. The van der Waals surface area contributed by atoms with Crippen molar-refractivity contribution >= 4 is 27.5 Å². The predicted octanol–water partition coefficient (Wildman–Crippen LogP) is 3.28. The van der Waals surface area contributed by atoms with Gasteiger partial charge in [-0.1, -0.05) is 39.0 Å². The van der Waals surface area contributed by atoms with Crippen LogP contribution in [0.25, 0.3) is 0 Å². The Balaban J connectivity index is 1.59. The summed E-state index contributed by atoms with van der Waals surface area (Å²) in [6.07, 6.45) is 1.80. The number of nitrogens with one attached hydrogen (secondary N) is 2. The Bertz CT molecular complexity index is 1060. The Labute approximate surface area is 190 Å². The van der Waals surface area contributed by atoms with Crippen LogP contribution >= 0.6 is 0 Å². The third-order valence-corrected chi connectivity index (χ3v) is 7.52. The number of carbonyl (C=O) groups excluding carboxylic acids is 2. The lowest BCUT2D eigenvalue weighted by Gasteiger charge is -2.34. The van der Waals surface area contributed by atoms with Crippen LogP contribution in [0.4, 0.5) is 5.69 Å². The molecule has 172 valence electrons. The summed E-state index contributed by atoms with van der Waals surface area (Å²) in [6.45, 7) is 6.95. The third kappa shape index (κ3) is 5.75. The second kappa shape index (κ2) is 10.3. The molecular formula is C24H31N3O4S. The van der Waals surface area contributed by atoms with E-state index in [-0.39, 0.29) is 17.3 Å². The average Bonchev–Trinajstić information content (AvgIpc) is 2.77. The van der Waals surface area contributed by atoms with Crippen molar-refractivity contribution in [1.82, 2.24) is 9.62 Å². The zero-order chi connectivity index (χ0) is 23.3. The Hall–Kier alpha value is -2.71. The highest BCUT2D eigenvalue weighted by Gasteiger charge is 2.31. The molecule has 2 aromatic rings. The molecule has 8 heteroatoms. The topological polar surface area (TPSA) is 95.6 Å². The molecule has 0 radical (unpaired) electrons. The zero-order valence-electron chi connectivity index (χ0n) is 18.8. The minimum Gasteiger partial charge on any atom is -0.343 e. The van der Waals surface area contributed by atoms with Gasteiger partial charge in [-0.25, -0.2) is 8.42 Å². The highest BCUT2D eigenvalue weighted by atomic mass is 32.2. The van der Waals surface area contributed by atoms with Crippen LogP contribution in [0, 0.1) is 11.8 Å². The van der Waals surface area contributed by atoms with Crippen molar-refractivity contribution in [2.75, 3.05) is 25.0 Å². The molecule has 0 bridgehead atoms. The standard InChI is InChI=1S/C24H31N3O4S/c1-4-19-7-5-6-8-22(19)26-23(28)14-25-24(29)20-9-11-21(12-10-20)32(30,31)27-15-17(2)13-18(3)16-27/h5-12,17-18H,4,13-16H2,1-3H3,(H,25,29)(H,26,28). The van der Waals surface area contributed by atoms with Crippen LogP contribution in [-0.2, 0) is 21.2 Å². The van der Waals surface area contributed by atoms with Crippen molar-refractivity contribution in [1.29, 1.82) is 0 Å². The minimum absolute atomic E-state index is 0.171. The van der Waals surface area contributed by atoms with Crippen molar-refractivity contribution < 1.29 is 18.0 Å². The van der Waals surface area contributed by atoms with E-state index >= 15 is 0 Å². The molecule has 2 N–H and O–H groups in total. The predicted molar refractivity (Wildman–Crippen MR) is 125 cm³/mol. The van der Waals surface area contributed by atoms with Gasteiger partial charge in [0.15, 0.2) is 0 Å². The van der Waals surface area contributed by atoms with Crippen molar-refractivity contribution in [2.45, 2.75) is 38.5 Å². The number of aryl methyl sites for hydroxylation is 1. The third-order valence-electron chi connectivity index (χ3n) is 5.67. The number of amides is 2. The lowest BCUT2D eigenvalue weighted by molar-refractivity contribution is -0.115. The summed E-state index contributed by atoms with van der Waals surface area (Å²) in [5.41, 5.74) is 2.04. The molecule has 1 aliphatic rings. The first-order valence-electron chi connectivity index (χ1n) is 11.0. The van der Waals surface area contributed by atoms with E-state index in [1.807, 2.05) is 31.2 Å². The van der Waals surface area contributed by atoms with Gasteiger partial charge in [0.1, 0.15) is 0 Å². The van der Waals surface area contributed by atoms with Crippen molar-refractivity contribution in [3.8, 4) is 0 Å². The van der Waals surface area contributed by atoms with E-state index in [1.54, 1.807) is 0 Å². The molecule has 2 atom stereocenters. The number of nitrogens with zero attached hydrogens (tertiary/aromatic N) is 1. The zero-order valence-corrected chi connectivity index (χ0v) is 19.6. The molecule has 1 saturated heterocycles. The summed E-state index contributed by atoms with van der Waals surface area (Å²) in [5, 5.41) is 5.38. The monoisotopic (exact) mass is 457 g/mol. The smallest absolute Gasteiger partial charge is 0.251 e. The largest absolute Gasteiger partial charge is 0.343 e. The van der Waals surface area contributed by atoms with E-state index in [9.17, 15) is 18.0 Å². The number of anilines is 1. The molecule has 32 heavy (non-hydrogen) atoms. The molecule has 2 amide bonds. The lowest BCUT2D eigenvalue weighted by Crippen LogP contribution is -2.42. The molecule has 3 rings (SSSR count). The summed E-state index contributed by atoms with van der Waals surface area (Å²) in [6, 6.07) is 13.4. The number of hydrogen-bond donors (Lipinski definition) is 2. The van der Waals surface area contributed by atoms with E-state index < -0.39 is 15.9 Å². The summed E-state index contributed by atoms with van der Waals surface area (Å²) in [5.74, 6) is -0.136. The summed E-state index contributed by atoms with van der Waals surface area (Å²) in [4.78, 5) is 24.8. The van der Waals surface area contributed by atoms with E-state index in [1.165, 1.54) is 28.6 Å². The summed E-state index contributed by atoms with van der Waals surface area (Å²) in [7, 11) is -3.60. The molecule has 0 saturated carbocycles. The van der Waals surface area contributed by atoms with Gasteiger partial charge in [0.05, 0.1) is 11.4 Å². The number of carbonyl (C=O) groups is 2. The first-order valence-corrected chi connectivity index (χ1v) is 12.4. The number of rotatable bonds is 7. The Morgan fingerprint density at radius 1 is 1.00 bits per heavy atom. The maximum atomic E-state index is 13.0. The fraction of sp³-hybridized carbons (Fsp3) is 0.417. The van der Waals surface area contributed by atoms with Gasteiger partial charge < -0.3 is 10.6 Å². The number of piperidine rings is 1. The van der Waals surface area contributed by atoms with Gasteiger partial charge >= 0.3 is 0 Å². The molecule has 0 spiro atoms. The highest BCUT2D eigenvalue weighted by Crippen LogP contribution is 2.26. The number of benzene rings is 2. The molecule has 2 unspecified atom stereocenters. The van der Waals surface area contributed by atoms with E-state index in [2.05, 4.69) is 24.5 Å². The maximum Gasteiger partial charge on any atom is 0.251 e. The summed E-state index contributed by atoms with van der Waals surface area (Å²) >= 11 is 0. The SMILES string of the molecule is CCc1ccccc1NC(=O)CNC(=O)c1ccc(S(=O)(=O)N2CC(C)CC(C)C2)cc1. The van der Waals surface area contributed by atoms with Crippen molar-refractivity contribution in [3.05, 3.63) is 59.7 Å². The van der Waals surface area contributed by atoms with Crippen molar-refractivity contribution in [3.63, 3.8) is 0 Å². The summed E-state index contributed by atoms with van der Waals surface area (Å²) < 4.78 is 27.5. The van der Waals surface area contributed by atoms with Crippen LogP contribution in [0.3, 0.4) is 0 Å². The minimum atomic E-state index is -3.60. The van der Waals surface area contributed by atoms with Gasteiger partial charge in [0.25, 0.3) is 5.91 Å².